The largest absolute Gasteiger partial charge is 0.350 e. The summed E-state index contributed by atoms with van der Waals surface area (Å²) in [6.45, 7) is 12.5. The Hall–Kier alpha value is -2.88. The van der Waals surface area contributed by atoms with Gasteiger partial charge in [-0.05, 0) is 68.0 Å². The molecule has 3 rings (SSSR count). The van der Waals surface area contributed by atoms with Gasteiger partial charge in [0.25, 0.3) is 11.8 Å². The molecule has 1 heterocycles. The zero-order valence-corrected chi connectivity index (χ0v) is 17.5. The SMILES string of the molecule is Cc1ccc(C2=C(Nc3ccc(C)c(C)c3)C(=O)N(CC(C)C)C2=O)c(C)c1. The predicted octanol–water partition coefficient (Wildman–Crippen LogP) is 4.77. The van der Waals surface area contributed by atoms with E-state index >= 15 is 0 Å². The molecule has 2 amide bonds. The maximum atomic E-state index is 13.2. The van der Waals surface area contributed by atoms with Crippen molar-refractivity contribution in [3.8, 4) is 0 Å². The highest BCUT2D eigenvalue weighted by Gasteiger charge is 2.39. The number of nitrogens with zero attached hydrogens (tertiary/aromatic N) is 1. The van der Waals surface area contributed by atoms with Crippen LogP contribution in [0.4, 0.5) is 5.69 Å². The molecule has 0 aromatic heterocycles. The smallest absolute Gasteiger partial charge is 0.278 e. The van der Waals surface area contributed by atoms with Crippen LogP contribution in [0.5, 0.6) is 0 Å². The third kappa shape index (κ3) is 3.72. The number of hydrogen-bond acceptors (Lipinski definition) is 3. The molecule has 0 saturated heterocycles. The van der Waals surface area contributed by atoms with Gasteiger partial charge in [0, 0.05) is 12.2 Å². The highest BCUT2D eigenvalue weighted by atomic mass is 16.2. The van der Waals surface area contributed by atoms with Crippen LogP contribution < -0.4 is 5.32 Å². The Kier molecular flexibility index (Phi) is 5.41. The standard InChI is InChI=1S/C24H28N2O2/c1-14(2)13-26-23(27)21(20-10-7-15(3)11-18(20)6)22(24(26)28)25-19-9-8-16(4)17(5)12-19/h7-12,14,25H,13H2,1-6H3. The van der Waals surface area contributed by atoms with Crippen molar-refractivity contribution in [1.29, 1.82) is 0 Å². The average Bonchev–Trinajstić information content (AvgIpc) is 2.83. The van der Waals surface area contributed by atoms with Gasteiger partial charge in [-0.2, -0.15) is 0 Å². The topological polar surface area (TPSA) is 49.4 Å². The second-order valence-electron chi connectivity index (χ2n) is 8.11. The first kappa shape index (κ1) is 19.9. The van der Waals surface area contributed by atoms with E-state index in [4.69, 9.17) is 0 Å². The lowest BCUT2D eigenvalue weighted by Gasteiger charge is -2.17. The fourth-order valence-corrected chi connectivity index (χ4v) is 3.53. The van der Waals surface area contributed by atoms with Crippen molar-refractivity contribution in [3.05, 3.63) is 69.9 Å². The molecule has 0 fully saturated rings. The summed E-state index contributed by atoms with van der Waals surface area (Å²) in [5.74, 6) is -0.280. The van der Waals surface area contributed by atoms with Crippen molar-refractivity contribution in [2.24, 2.45) is 5.92 Å². The molecule has 0 saturated carbocycles. The van der Waals surface area contributed by atoms with Gasteiger partial charge in [0.2, 0.25) is 0 Å². The quantitative estimate of drug-likeness (QED) is 0.765. The zero-order valence-electron chi connectivity index (χ0n) is 17.5. The summed E-state index contributed by atoms with van der Waals surface area (Å²) >= 11 is 0. The lowest BCUT2D eigenvalue weighted by molar-refractivity contribution is -0.137. The van der Waals surface area contributed by atoms with E-state index in [-0.39, 0.29) is 17.7 Å². The van der Waals surface area contributed by atoms with Crippen LogP contribution in [0.2, 0.25) is 0 Å². The van der Waals surface area contributed by atoms with Crippen molar-refractivity contribution < 1.29 is 9.59 Å². The van der Waals surface area contributed by atoms with Crippen LogP contribution in [0.1, 0.15) is 41.7 Å². The minimum absolute atomic E-state index is 0.203. The number of carbonyl (C=O) groups excluding carboxylic acids is 2. The molecule has 1 aliphatic rings. The number of amides is 2. The zero-order chi connectivity index (χ0) is 20.6. The Balaban J connectivity index is 2.12. The molecule has 0 aliphatic carbocycles. The Labute approximate surface area is 167 Å². The number of imide groups is 1. The number of rotatable bonds is 5. The van der Waals surface area contributed by atoms with Crippen molar-refractivity contribution in [2.75, 3.05) is 11.9 Å². The maximum absolute atomic E-state index is 13.2. The van der Waals surface area contributed by atoms with E-state index in [1.807, 2.05) is 77.9 Å². The molecule has 1 N–H and O–H groups in total. The van der Waals surface area contributed by atoms with E-state index in [2.05, 4.69) is 5.32 Å². The highest BCUT2D eigenvalue weighted by Crippen LogP contribution is 2.33. The third-order valence-corrected chi connectivity index (χ3v) is 5.14. The van der Waals surface area contributed by atoms with Gasteiger partial charge in [-0.1, -0.05) is 43.7 Å². The lowest BCUT2D eigenvalue weighted by Crippen LogP contribution is -2.35. The van der Waals surface area contributed by atoms with Gasteiger partial charge in [-0.25, -0.2) is 0 Å². The normalized spacial score (nSPS) is 14.5. The third-order valence-electron chi connectivity index (χ3n) is 5.14. The van der Waals surface area contributed by atoms with Gasteiger partial charge >= 0.3 is 0 Å². The first-order valence-electron chi connectivity index (χ1n) is 9.71. The number of nitrogens with one attached hydrogen (secondary N) is 1. The van der Waals surface area contributed by atoms with E-state index < -0.39 is 0 Å². The second kappa shape index (κ2) is 7.63. The molecular formula is C24H28N2O2. The molecule has 0 atom stereocenters. The van der Waals surface area contributed by atoms with Gasteiger partial charge in [0.05, 0.1) is 5.57 Å². The average molecular weight is 377 g/mol. The first-order chi connectivity index (χ1) is 13.2. The van der Waals surface area contributed by atoms with Crippen molar-refractivity contribution >= 4 is 23.1 Å². The summed E-state index contributed by atoms with van der Waals surface area (Å²) in [6, 6.07) is 11.9. The predicted molar refractivity (Wildman–Crippen MR) is 114 cm³/mol. The monoisotopic (exact) mass is 376 g/mol. The molecule has 0 unspecified atom stereocenters. The molecule has 2 aromatic carbocycles. The summed E-state index contributed by atoms with van der Waals surface area (Å²) < 4.78 is 0. The van der Waals surface area contributed by atoms with E-state index in [9.17, 15) is 9.59 Å². The fraction of sp³-hybridized carbons (Fsp3) is 0.333. The second-order valence-corrected chi connectivity index (χ2v) is 8.11. The Morgan fingerprint density at radius 3 is 2.18 bits per heavy atom. The van der Waals surface area contributed by atoms with Gasteiger partial charge in [0.1, 0.15) is 5.70 Å². The van der Waals surface area contributed by atoms with Crippen molar-refractivity contribution in [3.63, 3.8) is 0 Å². The number of benzene rings is 2. The van der Waals surface area contributed by atoms with Crippen LogP contribution in [0, 0.1) is 33.6 Å². The number of anilines is 1. The van der Waals surface area contributed by atoms with E-state index in [1.54, 1.807) is 0 Å². The van der Waals surface area contributed by atoms with E-state index in [1.165, 1.54) is 10.5 Å². The molecule has 0 radical (unpaired) electrons. The number of hydrogen-bond donors (Lipinski definition) is 1. The van der Waals surface area contributed by atoms with Crippen molar-refractivity contribution in [2.45, 2.75) is 41.5 Å². The minimum Gasteiger partial charge on any atom is -0.350 e. The molecule has 0 spiro atoms. The van der Waals surface area contributed by atoms with Crippen LogP contribution >= 0.6 is 0 Å². The molecule has 28 heavy (non-hydrogen) atoms. The number of aryl methyl sites for hydroxylation is 4. The van der Waals surface area contributed by atoms with Gasteiger partial charge in [0.15, 0.2) is 0 Å². The molecular weight excluding hydrogens is 348 g/mol. The maximum Gasteiger partial charge on any atom is 0.278 e. The van der Waals surface area contributed by atoms with Crippen molar-refractivity contribution in [1.82, 2.24) is 4.90 Å². The first-order valence-corrected chi connectivity index (χ1v) is 9.71. The fourth-order valence-electron chi connectivity index (χ4n) is 3.53. The molecule has 0 bridgehead atoms. The summed E-state index contributed by atoms with van der Waals surface area (Å²) in [5, 5.41) is 3.25. The van der Waals surface area contributed by atoms with Gasteiger partial charge in [-0.15, -0.1) is 0 Å². The Bertz CT molecular complexity index is 986. The van der Waals surface area contributed by atoms with Crippen LogP contribution in [0.15, 0.2) is 42.1 Å². The molecule has 4 nitrogen and oxygen atoms in total. The summed E-state index contributed by atoms with van der Waals surface area (Å²) in [5.41, 5.74) is 6.87. The Morgan fingerprint density at radius 1 is 0.857 bits per heavy atom. The summed E-state index contributed by atoms with van der Waals surface area (Å²) in [7, 11) is 0. The van der Waals surface area contributed by atoms with Gasteiger partial charge in [-0.3, -0.25) is 14.5 Å². The summed E-state index contributed by atoms with van der Waals surface area (Å²) in [4.78, 5) is 27.7. The van der Waals surface area contributed by atoms with Crippen LogP contribution in [0.3, 0.4) is 0 Å². The molecule has 2 aromatic rings. The number of carbonyl (C=O) groups is 2. The summed E-state index contributed by atoms with van der Waals surface area (Å²) in [6.07, 6.45) is 0. The van der Waals surface area contributed by atoms with Crippen LogP contribution in [-0.4, -0.2) is 23.3 Å². The molecule has 4 heteroatoms. The molecule has 1 aliphatic heterocycles. The highest BCUT2D eigenvalue weighted by molar-refractivity contribution is 6.36. The van der Waals surface area contributed by atoms with E-state index in [0.717, 1.165) is 27.9 Å². The van der Waals surface area contributed by atoms with Crippen LogP contribution in [-0.2, 0) is 9.59 Å². The minimum atomic E-state index is -0.257. The lowest BCUT2D eigenvalue weighted by atomic mass is 9.97. The van der Waals surface area contributed by atoms with E-state index in [0.29, 0.717) is 17.8 Å². The Morgan fingerprint density at radius 2 is 1.57 bits per heavy atom. The van der Waals surface area contributed by atoms with Crippen LogP contribution in [0.25, 0.3) is 5.57 Å². The van der Waals surface area contributed by atoms with Gasteiger partial charge < -0.3 is 5.32 Å². The molecule has 146 valence electrons.